The number of rotatable bonds is 5. The highest BCUT2D eigenvalue weighted by Crippen LogP contribution is 2.01. The van der Waals surface area contributed by atoms with E-state index in [1.54, 1.807) is 6.07 Å². The lowest BCUT2D eigenvalue weighted by Crippen LogP contribution is -2.21. The third-order valence-electron chi connectivity index (χ3n) is 1.75. The molecule has 0 saturated carbocycles. The zero-order valence-corrected chi connectivity index (χ0v) is 8.77. The SMILES string of the molecule is CN(C)CCNc1ccc(C(=O)O)nn1. The van der Waals surface area contributed by atoms with Gasteiger partial charge in [0.15, 0.2) is 5.69 Å². The van der Waals surface area contributed by atoms with Crippen molar-refractivity contribution in [2.45, 2.75) is 0 Å². The second-order valence-corrected chi connectivity index (χ2v) is 3.34. The molecule has 6 nitrogen and oxygen atoms in total. The van der Waals surface area contributed by atoms with Crippen LogP contribution >= 0.6 is 0 Å². The Hall–Kier alpha value is -1.69. The van der Waals surface area contributed by atoms with Crippen molar-refractivity contribution in [3.05, 3.63) is 17.8 Å². The standard InChI is InChI=1S/C9H14N4O2/c1-13(2)6-5-10-8-4-3-7(9(14)15)11-12-8/h3-4H,5-6H2,1-2H3,(H,10,12)(H,14,15). The van der Waals surface area contributed by atoms with Gasteiger partial charge in [0, 0.05) is 13.1 Å². The predicted octanol–water partition coefficient (Wildman–Crippen LogP) is 0.148. The molecule has 1 rings (SSSR count). The molecule has 0 aliphatic heterocycles. The number of carboxylic acids is 1. The number of carboxylic acid groups (broad SMARTS) is 1. The molecule has 0 aromatic carbocycles. The molecule has 0 aliphatic carbocycles. The van der Waals surface area contributed by atoms with Gasteiger partial charge in [0.2, 0.25) is 0 Å². The van der Waals surface area contributed by atoms with E-state index in [4.69, 9.17) is 5.11 Å². The lowest BCUT2D eigenvalue weighted by Gasteiger charge is -2.10. The summed E-state index contributed by atoms with van der Waals surface area (Å²) >= 11 is 0. The van der Waals surface area contributed by atoms with Gasteiger partial charge in [-0.25, -0.2) is 4.79 Å². The van der Waals surface area contributed by atoms with Gasteiger partial charge in [-0.2, -0.15) is 0 Å². The van der Waals surface area contributed by atoms with Crippen molar-refractivity contribution in [1.82, 2.24) is 15.1 Å². The van der Waals surface area contributed by atoms with Gasteiger partial charge < -0.3 is 15.3 Å². The molecule has 15 heavy (non-hydrogen) atoms. The third kappa shape index (κ3) is 3.90. The minimum atomic E-state index is -1.07. The van der Waals surface area contributed by atoms with Gasteiger partial charge in [-0.3, -0.25) is 0 Å². The highest BCUT2D eigenvalue weighted by molar-refractivity contribution is 5.85. The van der Waals surface area contributed by atoms with E-state index in [0.29, 0.717) is 5.82 Å². The fraction of sp³-hybridized carbons (Fsp3) is 0.444. The molecular formula is C9H14N4O2. The molecule has 1 aromatic rings. The Labute approximate surface area is 87.9 Å². The van der Waals surface area contributed by atoms with Crippen molar-refractivity contribution in [2.24, 2.45) is 0 Å². The molecule has 0 unspecified atom stereocenters. The Morgan fingerprint density at radius 2 is 2.20 bits per heavy atom. The molecule has 1 aromatic heterocycles. The summed E-state index contributed by atoms with van der Waals surface area (Å²) in [4.78, 5) is 12.5. The lowest BCUT2D eigenvalue weighted by molar-refractivity contribution is 0.0689. The first kappa shape index (κ1) is 11.4. The minimum absolute atomic E-state index is 0.0480. The fourth-order valence-electron chi connectivity index (χ4n) is 0.948. The summed E-state index contributed by atoms with van der Waals surface area (Å²) in [7, 11) is 3.95. The average molecular weight is 210 g/mol. The van der Waals surface area contributed by atoms with Crippen LogP contribution in [0.25, 0.3) is 0 Å². The van der Waals surface area contributed by atoms with E-state index in [-0.39, 0.29) is 5.69 Å². The number of likely N-dealkylation sites (N-methyl/N-ethyl adjacent to an activating group) is 1. The van der Waals surface area contributed by atoms with Gasteiger partial charge >= 0.3 is 5.97 Å². The zero-order valence-electron chi connectivity index (χ0n) is 8.77. The Bertz CT molecular complexity index is 323. The van der Waals surface area contributed by atoms with E-state index >= 15 is 0 Å². The second kappa shape index (κ2) is 5.26. The maximum Gasteiger partial charge on any atom is 0.356 e. The van der Waals surface area contributed by atoms with Crippen LogP contribution in [0.15, 0.2) is 12.1 Å². The van der Waals surface area contributed by atoms with Crippen molar-refractivity contribution < 1.29 is 9.90 Å². The van der Waals surface area contributed by atoms with Crippen LogP contribution < -0.4 is 5.32 Å². The van der Waals surface area contributed by atoms with Crippen LogP contribution in [0.5, 0.6) is 0 Å². The molecular weight excluding hydrogens is 196 g/mol. The number of nitrogens with one attached hydrogen (secondary N) is 1. The highest BCUT2D eigenvalue weighted by atomic mass is 16.4. The molecule has 0 radical (unpaired) electrons. The number of aromatic carboxylic acids is 1. The summed E-state index contributed by atoms with van der Waals surface area (Å²) in [6.45, 7) is 1.62. The van der Waals surface area contributed by atoms with Gasteiger partial charge in [0.05, 0.1) is 0 Å². The van der Waals surface area contributed by atoms with Gasteiger partial charge in [-0.15, -0.1) is 10.2 Å². The Balaban J connectivity index is 2.46. The van der Waals surface area contributed by atoms with Crippen LogP contribution in [-0.4, -0.2) is 53.4 Å². The van der Waals surface area contributed by atoms with Crippen LogP contribution in [0.2, 0.25) is 0 Å². The highest BCUT2D eigenvalue weighted by Gasteiger charge is 2.04. The lowest BCUT2D eigenvalue weighted by atomic mass is 10.4. The van der Waals surface area contributed by atoms with Crippen LogP contribution in [-0.2, 0) is 0 Å². The van der Waals surface area contributed by atoms with Gasteiger partial charge in [0.25, 0.3) is 0 Å². The van der Waals surface area contributed by atoms with Crippen LogP contribution in [0.4, 0.5) is 5.82 Å². The third-order valence-corrected chi connectivity index (χ3v) is 1.75. The minimum Gasteiger partial charge on any atom is -0.476 e. The van der Waals surface area contributed by atoms with Crippen molar-refractivity contribution in [3.8, 4) is 0 Å². The maximum atomic E-state index is 10.5. The summed E-state index contributed by atoms with van der Waals surface area (Å²) in [5.74, 6) is -0.482. The smallest absolute Gasteiger partial charge is 0.356 e. The number of anilines is 1. The average Bonchev–Trinajstić information content (AvgIpc) is 2.18. The topological polar surface area (TPSA) is 78.4 Å². The van der Waals surface area contributed by atoms with E-state index < -0.39 is 5.97 Å². The van der Waals surface area contributed by atoms with E-state index in [1.165, 1.54) is 6.07 Å². The molecule has 6 heteroatoms. The van der Waals surface area contributed by atoms with Crippen molar-refractivity contribution in [2.75, 3.05) is 32.5 Å². The molecule has 82 valence electrons. The number of carbonyl (C=O) groups is 1. The van der Waals surface area contributed by atoms with Crippen LogP contribution in [0.3, 0.4) is 0 Å². The molecule has 0 aliphatic rings. The van der Waals surface area contributed by atoms with E-state index in [9.17, 15) is 4.79 Å². The van der Waals surface area contributed by atoms with Crippen molar-refractivity contribution in [1.29, 1.82) is 0 Å². The summed E-state index contributed by atoms with van der Waals surface area (Å²) in [5, 5.41) is 18.9. The van der Waals surface area contributed by atoms with E-state index in [2.05, 4.69) is 15.5 Å². The number of nitrogens with zero attached hydrogens (tertiary/aromatic N) is 3. The zero-order chi connectivity index (χ0) is 11.3. The predicted molar refractivity (Wildman–Crippen MR) is 56.0 cm³/mol. The van der Waals surface area contributed by atoms with Crippen LogP contribution in [0.1, 0.15) is 10.5 Å². The Morgan fingerprint density at radius 3 is 2.67 bits per heavy atom. The molecule has 0 spiro atoms. The molecule has 0 bridgehead atoms. The molecule has 0 saturated heterocycles. The monoisotopic (exact) mass is 210 g/mol. The molecule has 1 heterocycles. The second-order valence-electron chi connectivity index (χ2n) is 3.34. The first-order chi connectivity index (χ1) is 7.09. The Morgan fingerprint density at radius 1 is 1.47 bits per heavy atom. The van der Waals surface area contributed by atoms with Gasteiger partial charge in [-0.1, -0.05) is 0 Å². The van der Waals surface area contributed by atoms with Crippen LogP contribution in [0, 0.1) is 0 Å². The maximum absolute atomic E-state index is 10.5. The number of hydrogen-bond donors (Lipinski definition) is 2. The van der Waals surface area contributed by atoms with E-state index in [1.807, 2.05) is 19.0 Å². The largest absolute Gasteiger partial charge is 0.476 e. The normalized spacial score (nSPS) is 10.3. The summed E-state index contributed by atoms with van der Waals surface area (Å²) in [5.41, 5.74) is -0.0480. The molecule has 2 N–H and O–H groups in total. The summed E-state index contributed by atoms with van der Waals surface area (Å²) < 4.78 is 0. The number of aromatic nitrogens is 2. The number of hydrogen-bond acceptors (Lipinski definition) is 5. The first-order valence-corrected chi connectivity index (χ1v) is 4.55. The quantitative estimate of drug-likeness (QED) is 0.720. The summed E-state index contributed by atoms with van der Waals surface area (Å²) in [6.07, 6.45) is 0. The summed E-state index contributed by atoms with van der Waals surface area (Å²) in [6, 6.07) is 3.03. The van der Waals surface area contributed by atoms with Gasteiger partial charge in [-0.05, 0) is 26.2 Å². The first-order valence-electron chi connectivity index (χ1n) is 4.55. The van der Waals surface area contributed by atoms with Crippen molar-refractivity contribution in [3.63, 3.8) is 0 Å². The van der Waals surface area contributed by atoms with Crippen molar-refractivity contribution >= 4 is 11.8 Å². The molecule has 0 fully saturated rings. The van der Waals surface area contributed by atoms with Gasteiger partial charge in [0.1, 0.15) is 5.82 Å². The molecule has 0 atom stereocenters. The fourth-order valence-corrected chi connectivity index (χ4v) is 0.948. The Kier molecular flexibility index (Phi) is 3.99. The van der Waals surface area contributed by atoms with E-state index in [0.717, 1.165) is 13.1 Å². The molecule has 0 amide bonds.